The zero-order valence-electron chi connectivity index (χ0n) is 12.4. The fraction of sp³-hybridized carbons (Fsp3) is 0.222. The molecule has 1 nitrogen and oxygen atoms in total. The molecular weight excluding hydrogens is 289 g/mol. The Morgan fingerprint density at radius 1 is 1.09 bits per heavy atom. The molecule has 2 rings (SSSR count). The Morgan fingerprint density at radius 2 is 1.82 bits per heavy atom. The Balaban J connectivity index is 2.50. The van der Waals surface area contributed by atoms with Crippen LogP contribution in [0.15, 0.2) is 49.0 Å². The summed E-state index contributed by atoms with van der Waals surface area (Å²) in [6.45, 7) is 7.85. The van der Waals surface area contributed by atoms with E-state index in [0.29, 0.717) is 11.5 Å². The molecule has 2 aromatic carbocycles. The van der Waals surface area contributed by atoms with Crippen LogP contribution in [-0.4, -0.2) is 6.36 Å². The third-order valence-electron chi connectivity index (χ3n) is 3.34. The molecule has 22 heavy (non-hydrogen) atoms. The number of halogens is 3. The van der Waals surface area contributed by atoms with Gasteiger partial charge in [0.25, 0.3) is 0 Å². The highest BCUT2D eigenvalue weighted by Crippen LogP contribution is 2.32. The quantitative estimate of drug-likeness (QED) is 0.671. The molecule has 0 aromatic heterocycles. The molecule has 0 unspecified atom stereocenters. The summed E-state index contributed by atoms with van der Waals surface area (Å²) >= 11 is 0. The summed E-state index contributed by atoms with van der Waals surface area (Å²) in [6, 6.07) is 12.0. The predicted molar refractivity (Wildman–Crippen MR) is 82.7 cm³/mol. The van der Waals surface area contributed by atoms with E-state index in [1.807, 2.05) is 24.3 Å². The first-order valence-corrected chi connectivity index (χ1v) is 6.92. The van der Waals surface area contributed by atoms with Crippen molar-refractivity contribution in [1.82, 2.24) is 0 Å². The van der Waals surface area contributed by atoms with Gasteiger partial charge in [-0.15, -0.1) is 13.2 Å². The normalized spacial score (nSPS) is 11.5. The van der Waals surface area contributed by atoms with Gasteiger partial charge in [0.1, 0.15) is 5.75 Å². The van der Waals surface area contributed by atoms with E-state index in [-0.39, 0.29) is 5.75 Å². The van der Waals surface area contributed by atoms with Gasteiger partial charge >= 0.3 is 6.36 Å². The molecule has 0 radical (unpaired) electrons. The molecular formula is C18H17F3O. The monoisotopic (exact) mass is 306 g/mol. The second-order valence-electron chi connectivity index (χ2n) is 5.28. The van der Waals surface area contributed by atoms with Crippen LogP contribution in [0.25, 0.3) is 17.2 Å². The molecule has 0 aliphatic carbocycles. The highest BCUT2D eigenvalue weighted by molar-refractivity contribution is 5.76. The van der Waals surface area contributed by atoms with Gasteiger partial charge in [0.2, 0.25) is 0 Å². The fourth-order valence-corrected chi connectivity index (χ4v) is 2.23. The van der Waals surface area contributed by atoms with Crippen LogP contribution in [0.3, 0.4) is 0 Å². The molecule has 4 heteroatoms. The summed E-state index contributed by atoms with van der Waals surface area (Å²) in [5.74, 6) is 0.102. The van der Waals surface area contributed by atoms with Crippen LogP contribution in [0.5, 0.6) is 5.75 Å². The topological polar surface area (TPSA) is 9.23 Å². The first kappa shape index (κ1) is 16.1. The number of hydrogen-bond donors (Lipinski definition) is 0. The van der Waals surface area contributed by atoms with E-state index in [0.717, 1.165) is 16.7 Å². The van der Waals surface area contributed by atoms with Gasteiger partial charge in [-0.2, -0.15) is 0 Å². The highest BCUT2D eigenvalue weighted by Gasteiger charge is 2.31. The minimum absolute atomic E-state index is 0.233. The maximum atomic E-state index is 12.4. The van der Waals surface area contributed by atoms with Crippen molar-refractivity contribution >= 4 is 6.08 Å². The first-order valence-electron chi connectivity index (χ1n) is 6.92. The van der Waals surface area contributed by atoms with Gasteiger partial charge in [-0.25, -0.2) is 0 Å². The smallest absolute Gasteiger partial charge is 0.406 e. The molecule has 0 atom stereocenters. The van der Waals surface area contributed by atoms with Crippen LogP contribution < -0.4 is 4.74 Å². The van der Waals surface area contributed by atoms with Crippen LogP contribution in [-0.2, 0) is 0 Å². The lowest BCUT2D eigenvalue weighted by Gasteiger charge is -2.14. The number of benzene rings is 2. The lowest BCUT2D eigenvalue weighted by Crippen LogP contribution is -2.17. The number of alkyl halides is 3. The lowest BCUT2D eigenvalue weighted by atomic mass is 9.94. The van der Waals surface area contributed by atoms with E-state index in [9.17, 15) is 13.2 Å². The van der Waals surface area contributed by atoms with Crippen LogP contribution in [0.1, 0.15) is 30.9 Å². The van der Waals surface area contributed by atoms with Crippen molar-refractivity contribution in [2.24, 2.45) is 0 Å². The molecule has 0 spiro atoms. The van der Waals surface area contributed by atoms with E-state index >= 15 is 0 Å². The second-order valence-corrected chi connectivity index (χ2v) is 5.28. The summed E-state index contributed by atoms with van der Waals surface area (Å²) in [5, 5.41) is 0. The molecule has 0 fully saturated rings. The summed E-state index contributed by atoms with van der Waals surface area (Å²) in [7, 11) is 0. The van der Waals surface area contributed by atoms with Crippen molar-refractivity contribution in [1.29, 1.82) is 0 Å². The number of ether oxygens (including phenoxy) is 1. The SMILES string of the molecule is C=Cc1ccc(OC(F)(F)F)cc1-c1cccc(C(C)C)c1. The van der Waals surface area contributed by atoms with Gasteiger partial charge in [-0.1, -0.05) is 56.8 Å². The van der Waals surface area contributed by atoms with Crippen molar-refractivity contribution in [3.05, 3.63) is 60.2 Å². The van der Waals surface area contributed by atoms with Gasteiger partial charge in [-0.3, -0.25) is 0 Å². The van der Waals surface area contributed by atoms with Gasteiger partial charge < -0.3 is 4.74 Å². The van der Waals surface area contributed by atoms with E-state index < -0.39 is 6.36 Å². The van der Waals surface area contributed by atoms with Crippen molar-refractivity contribution in [3.8, 4) is 16.9 Å². The van der Waals surface area contributed by atoms with E-state index in [1.54, 1.807) is 12.1 Å². The molecule has 0 heterocycles. The van der Waals surface area contributed by atoms with Crippen LogP contribution in [0.4, 0.5) is 13.2 Å². The molecule has 116 valence electrons. The maximum Gasteiger partial charge on any atom is 0.573 e. The standard InChI is InChI=1S/C18H17F3O/c1-4-13-8-9-16(22-18(19,20)21)11-17(13)15-7-5-6-14(10-15)12(2)3/h4-12H,1H2,2-3H3. The van der Waals surface area contributed by atoms with Crippen molar-refractivity contribution < 1.29 is 17.9 Å². The van der Waals surface area contributed by atoms with E-state index in [2.05, 4.69) is 25.2 Å². The van der Waals surface area contributed by atoms with Gasteiger partial charge in [-0.05, 0) is 40.3 Å². The Labute approximate surface area is 128 Å². The first-order chi connectivity index (χ1) is 10.3. The largest absolute Gasteiger partial charge is 0.573 e. The Kier molecular flexibility index (Phi) is 4.59. The van der Waals surface area contributed by atoms with Crippen LogP contribution in [0.2, 0.25) is 0 Å². The van der Waals surface area contributed by atoms with Crippen molar-refractivity contribution in [3.63, 3.8) is 0 Å². The third kappa shape index (κ3) is 3.91. The minimum atomic E-state index is -4.70. The molecule has 0 amide bonds. The molecule has 0 aliphatic heterocycles. The number of rotatable bonds is 4. The molecule has 0 bridgehead atoms. The van der Waals surface area contributed by atoms with Crippen molar-refractivity contribution in [2.75, 3.05) is 0 Å². The molecule has 0 saturated heterocycles. The average Bonchev–Trinajstić information content (AvgIpc) is 2.45. The summed E-state index contributed by atoms with van der Waals surface area (Å²) in [5.41, 5.74) is 3.39. The zero-order chi connectivity index (χ0) is 16.3. The van der Waals surface area contributed by atoms with Crippen LogP contribution in [0, 0.1) is 0 Å². The Morgan fingerprint density at radius 3 is 2.41 bits per heavy atom. The van der Waals surface area contributed by atoms with Gasteiger partial charge in [0, 0.05) is 0 Å². The predicted octanol–water partition coefficient (Wildman–Crippen LogP) is 6.02. The van der Waals surface area contributed by atoms with Gasteiger partial charge in [0.05, 0.1) is 0 Å². The number of hydrogen-bond acceptors (Lipinski definition) is 1. The van der Waals surface area contributed by atoms with E-state index in [1.165, 1.54) is 12.1 Å². The van der Waals surface area contributed by atoms with Crippen molar-refractivity contribution in [2.45, 2.75) is 26.1 Å². The molecule has 0 aliphatic rings. The van der Waals surface area contributed by atoms with Crippen LogP contribution >= 0.6 is 0 Å². The average molecular weight is 306 g/mol. The van der Waals surface area contributed by atoms with Gasteiger partial charge in [0.15, 0.2) is 0 Å². The maximum absolute atomic E-state index is 12.4. The third-order valence-corrected chi connectivity index (χ3v) is 3.34. The highest BCUT2D eigenvalue weighted by atomic mass is 19.4. The Bertz CT molecular complexity index is 672. The summed E-state index contributed by atoms with van der Waals surface area (Å²) in [6.07, 6.45) is -3.08. The second kappa shape index (κ2) is 6.26. The minimum Gasteiger partial charge on any atom is -0.406 e. The lowest BCUT2D eigenvalue weighted by molar-refractivity contribution is -0.274. The molecule has 2 aromatic rings. The Hall–Kier alpha value is -2.23. The van der Waals surface area contributed by atoms with E-state index in [4.69, 9.17) is 0 Å². The molecule has 0 saturated carbocycles. The molecule has 0 N–H and O–H groups in total. The summed E-state index contributed by atoms with van der Waals surface area (Å²) in [4.78, 5) is 0. The zero-order valence-corrected chi connectivity index (χ0v) is 12.4. The fourth-order valence-electron chi connectivity index (χ4n) is 2.23. The summed E-state index contributed by atoms with van der Waals surface area (Å²) < 4.78 is 41.2.